The number of para-hydroxylation sites is 2. The molecule has 1 heterocycles. The van der Waals surface area contributed by atoms with Crippen LogP contribution in [0, 0.1) is 5.92 Å². The molecule has 1 fully saturated rings. The number of amides is 2. The van der Waals surface area contributed by atoms with E-state index < -0.39 is 5.97 Å². The lowest BCUT2D eigenvalue weighted by atomic mass is 9.86. The van der Waals surface area contributed by atoms with E-state index in [2.05, 4.69) is 5.32 Å². The lowest BCUT2D eigenvalue weighted by Gasteiger charge is -2.18. The van der Waals surface area contributed by atoms with Gasteiger partial charge in [0.2, 0.25) is 0 Å². The van der Waals surface area contributed by atoms with Crippen LogP contribution in [0.4, 0.5) is 10.5 Å². The first-order chi connectivity index (χ1) is 14.0. The summed E-state index contributed by atoms with van der Waals surface area (Å²) in [7, 11) is 0. The number of urea groups is 1. The van der Waals surface area contributed by atoms with Crippen molar-refractivity contribution in [2.24, 2.45) is 5.92 Å². The predicted octanol–water partition coefficient (Wildman–Crippen LogP) is 4.45. The number of phenolic OH excluding ortho intramolecular Hbond substituents is 1. The molecule has 6 nitrogen and oxygen atoms in total. The second-order valence-corrected chi connectivity index (χ2v) is 7.27. The summed E-state index contributed by atoms with van der Waals surface area (Å²) in [5.74, 6) is -0.415. The van der Waals surface area contributed by atoms with E-state index in [1.165, 1.54) is 0 Å². The normalized spacial score (nSPS) is 18.8. The van der Waals surface area contributed by atoms with Crippen molar-refractivity contribution >= 4 is 17.7 Å². The van der Waals surface area contributed by atoms with Crippen LogP contribution in [0.1, 0.15) is 30.7 Å². The van der Waals surface area contributed by atoms with E-state index in [1.807, 2.05) is 54.6 Å². The number of hydrogen-bond donors (Lipinski definition) is 3. The molecule has 29 heavy (non-hydrogen) atoms. The quantitative estimate of drug-likeness (QED) is 0.605. The van der Waals surface area contributed by atoms with Crippen LogP contribution in [0.25, 0.3) is 0 Å². The Morgan fingerprint density at radius 1 is 1.03 bits per heavy atom. The summed E-state index contributed by atoms with van der Waals surface area (Å²) >= 11 is 0. The molecule has 3 rings (SSSR count). The van der Waals surface area contributed by atoms with Gasteiger partial charge in [-0.05, 0) is 42.5 Å². The summed E-state index contributed by atoms with van der Waals surface area (Å²) in [6.07, 6.45) is 5.17. The molecule has 1 saturated heterocycles. The van der Waals surface area contributed by atoms with Gasteiger partial charge in [0.1, 0.15) is 5.75 Å². The molecule has 0 aliphatic carbocycles. The average Bonchev–Trinajstić information content (AvgIpc) is 3.13. The standard InChI is InChI=1S/C23H26N2O4/c26-21-13-8-7-12-19(21)20-16-25(23(29)24-18-10-4-2-5-11-18)15-17(20)9-3-1-6-14-22(27)28/h1-5,7-8,10-13,17,20,26H,6,9,14-16H2,(H,24,29)(H,27,28)/t17-,20+/m0/s1. The van der Waals surface area contributed by atoms with E-state index in [1.54, 1.807) is 17.0 Å². The molecule has 6 heteroatoms. The summed E-state index contributed by atoms with van der Waals surface area (Å²) in [5, 5.41) is 22.0. The highest BCUT2D eigenvalue weighted by atomic mass is 16.4. The number of hydrogen-bond acceptors (Lipinski definition) is 3. The number of carbonyl (C=O) groups is 2. The van der Waals surface area contributed by atoms with Gasteiger partial charge < -0.3 is 20.4 Å². The third-order valence-corrected chi connectivity index (χ3v) is 5.22. The molecule has 152 valence electrons. The van der Waals surface area contributed by atoms with Crippen molar-refractivity contribution in [3.8, 4) is 5.75 Å². The van der Waals surface area contributed by atoms with Crippen molar-refractivity contribution in [2.45, 2.75) is 25.2 Å². The smallest absolute Gasteiger partial charge is 0.321 e. The van der Waals surface area contributed by atoms with E-state index in [0.29, 0.717) is 25.9 Å². The fourth-order valence-electron chi connectivity index (χ4n) is 3.75. The number of rotatable bonds is 7. The van der Waals surface area contributed by atoms with Gasteiger partial charge >= 0.3 is 12.0 Å². The number of phenols is 1. The maximum Gasteiger partial charge on any atom is 0.321 e. The van der Waals surface area contributed by atoms with Gasteiger partial charge in [-0.25, -0.2) is 4.79 Å². The molecule has 2 atom stereocenters. The fraction of sp³-hybridized carbons (Fsp3) is 0.304. The fourth-order valence-corrected chi connectivity index (χ4v) is 3.75. The molecule has 2 aromatic carbocycles. The van der Waals surface area contributed by atoms with E-state index >= 15 is 0 Å². The minimum absolute atomic E-state index is 0.0156. The van der Waals surface area contributed by atoms with Crippen molar-refractivity contribution in [1.82, 2.24) is 4.90 Å². The number of anilines is 1. The first-order valence-electron chi connectivity index (χ1n) is 9.80. The maximum atomic E-state index is 12.7. The third-order valence-electron chi connectivity index (χ3n) is 5.22. The van der Waals surface area contributed by atoms with Gasteiger partial charge in [-0.2, -0.15) is 0 Å². The highest BCUT2D eigenvalue weighted by molar-refractivity contribution is 5.89. The van der Waals surface area contributed by atoms with E-state index in [-0.39, 0.29) is 30.0 Å². The molecule has 1 aliphatic rings. The lowest BCUT2D eigenvalue weighted by molar-refractivity contribution is -0.136. The number of aliphatic carboxylic acids is 1. The van der Waals surface area contributed by atoms with Gasteiger partial charge in [0.25, 0.3) is 0 Å². The van der Waals surface area contributed by atoms with Crippen LogP contribution in [0.5, 0.6) is 5.75 Å². The van der Waals surface area contributed by atoms with Crippen LogP contribution >= 0.6 is 0 Å². The number of carboxylic acid groups (broad SMARTS) is 1. The molecular weight excluding hydrogens is 368 g/mol. The van der Waals surface area contributed by atoms with Gasteiger partial charge in [0.15, 0.2) is 0 Å². The van der Waals surface area contributed by atoms with Gasteiger partial charge in [-0.3, -0.25) is 4.79 Å². The molecule has 0 spiro atoms. The Labute approximate surface area is 170 Å². The van der Waals surface area contributed by atoms with Crippen molar-refractivity contribution in [3.05, 3.63) is 72.3 Å². The Morgan fingerprint density at radius 2 is 1.76 bits per heavy atom. The highest BCUT2D eigenvalue weighted by Crippen LogP contribution is 2.39. The average molecular weight is 394 g/mol. The van der Waals surface area contributed by atoms with Crippen molar-refractivity contribution < 1.29 is 19.8 Å². The maximum absolute atomic E-state index is 12.7. The van der Waals surface area contributed by atoms with Gasteiger partial charge in [-0.1, -0.05) is 48.6 Å². The molecular formula is C23H26N2O4. The highest BCUT2D eigenvalue weighted by Gasteiger charge is 2.36. The molecule has 3 N–H and O–H groups in total. The van der Waals surface area contributed by atoms with Crippen molar-refractivity contribution in [2.75, 3.05) is 18.4 Å². The van der Waals surface area contributed by atoms with E-state index in [0.717, 1.165) is 11.3 Å². The molecule has 0 unspecified atom stereocenters. The minimum atomic E-state index is -0.814. The first-order valence-corrected chi connectivity index (χ1v) is 9.80. The topological polar surface area (TPSA) is 89.9 Å². The van der Waals surface area contributed by atoms with Crippen LogP contribution in [-0.2, 0) is 4.79 Å². The van der Waals surface area contributed by atoms with Crippen LogP contribution in [0.3, 0.4) is 0 Å². The number of nitrogens with zero attached hydrogens (tertiary/aromatic N) is 1. The summed E-state index contributed by atoms with van der Waals surface area (Å²) < 4.78 is 0. The van der Waals surface area contributed by atoms with Crippen molar-refractivity contribution in [1.29, 1.82) is 0 Å². The summed E-state index contributed by atoms with van der Waals surface area (Å²) in [6.45, 7) is 1.09. The van der Waals surface area contributed by atoms with Crippen LogP contribution in [-0.4, -0.2) is 40.2 Å². The zero-order chi connectivity index (χ0) is 20.6. The van der Waals surface area contributed by atoms with Crippen LogP contribution < -0.4 is 5.32 Å². The number of aromatic hydroxyl groups is 1. The molecule has 0 aromatic heterocycles. The Kier molecular flexibility index (Phi) is 6.89. The second-order valence-electron chi connectivity index (χ2n) is 7.27. The first kappa shape index (κ1) is 20.5. The van der Waals surface area contributed by atoms with Gasteiger partial charge in [0.05, 0.1) is 0 Å². The minimum Gasteiger partial charge on any atom is -0.508 e. The number of allylic oxidation sites excluding steroid dienone is 2. The van der Waals surface area contributed by atoms with E-state index in [4.69, 9.17) is 5.11 Å². The Balaban J connectivity index is 1.70. The number of benzene rings is 2. The number of likely N-dealkylation sites (tertiary alicyclic amines) is 1. The SMILES string of the molecule is O=C(O)CCC=CC[C@H]1CN(C(=O)Nc2ccccc2)C[C@H]1c1ccccc1O. The largest absolute Gasteiger partial charge is 0.508 e. The third kappa shape index (κ3) is 5.60. The van der Waals surface area contributed by atoms with Gasteiger partial charge in [-0.15, -0.1) is 0 Å². The Morgan fingerprint density at radius 3 is 2.48 bits per heavy atom. The number of carbonyl (C=O) groups excluding carboxylic acids is 1. The summed E-state index contributed by atoms with van der Waals surface area (Å²) in [4.78, 5) is 25.2. The van der Waals surface area contributed by atoms with Crippen molar-refractivity contribution in [3.63, 3.8) is 0 Å². The zero-order valence-corrected chi connectivity index (χ0v) is 16.2. The van der Waals surface area contributed by atoms with E-state index in [9.17, 15) is 14.7 Å². The molecule has 2 amide bonds. The summed E-state index contributed by atoms with van der Waals surface area (Å²) in [6, 6.07) is 16.4. The monoisotopic (exact) mass is 394 g/mol. The number of carboxylic acids is 1. The second kappa shape index (κ2) is 9.78. The summed E-state index contributed by atoms with van der Waals surface area (Å²) in [5.41, 5.74) is 1.58. The van der Waals surface area contributed by atoms with Crippen LogP contribution in [0.15, 0.2) is 66.7 Å². The Hall–Kier alpha value is -3.28. The number of nitrogens with one attached hydrogen (secondary N) is 1. The lowest BCUT2D eigenvalue weighted by Crippen LogP contribution is -2.33. The predicted molar refractivity (Wildman–Crippen MR) is 112 cm³/mol. The zero-order valence-electron chi connectivity index (χ0n) is 16.2. The molecule has 2 aromatic rings. The van der Waals surface area contributed by atoms with Gasteiger partial charge in [0, 0.05) is 31.1 Å². The molecule has 1 aliphatic heterocycles. The molecule has 0 radical (unpaired) electrons. The Bertz CT molecular complexity index is 866. The molecule has 0 bridgehead atoms. The molecule has 0 saturated carbocycles. The van der Waals surface area contributed by atoms with Crippen LogP contribution in [0.2, 0.25) is 0 Å².